The van der Waals surface area contributed by atoms with Gasteiger partial charge in [-0.25, -0.2) is 9.97 Å². The number of amides is 1. The smallest absolute Gasteiger partial charge is 0.221 e. The molecule has 0 radical (unpaired) electrons. The highest BCUT2D eigenvalue weighted by atomic mass is 32.1. The van der Waals surface area contributed by atoms with Crippen LogP contribution >= 0.6 is 11.3 Å². The molecule has 29 heavy (non-hydrogen) atoms. The zero-order valence-corrected chi connectivity index (χ0v) is 17.9. The van der Waals surface area contributed by atoms with Gasteiger partial charge < -0.3 is 20.1 Å². The number of hydrogen-bond donors (Lipinski definition) is 2. The Hall–Kier alpha value is -2.55. The van der Waals surface area contributed by atoms with Crippen molar-refractivity contribution < 1.29 is 14.3 Å². The molecule has 0 saturated heterocycles. The van der Waals surface area contributed by atoms with Gasteiger partial charge in [0.25, 0.3) is 0 Å². The number of anilines is 1. The zero-order valence-electron chi connectivity index (χ0n) is 17.1. The maximum atomic E-state index is 12.1. The summed E-state index contributed by atoms with van der Waals surface area (Å²) in [7, 11) is 3.08. The summed E-state index contributed by atoms with van der Waals surface area (Å²) in [6.07, 6.45) is 1.43. The molecule has 2 N–H and O–H groups in total. The fourth-order valence-corrected chi connectivity index (χ4v) is 4.10. The highest BCUT2D eigenvalue weighted by molar-refractivity contribution is 7.19. The number of nitrogens with one attached hydrogen (secondary N) is 2. The molecule has 2 aromatic heterocycles. The predicted molar refractivity (Wildman–Crippen MR) is 116 cm³/mol. The SMILES string of the molecule is COC(CNC(=O)CCNc1ncnc2sc(C)c(-c3ccc(C)cc3)c12)OC. The molecule has 7 nitrogen and oxygen atoms in total. The van der Waals surface area contributed by atoms with Crippen LogP contribution in [0.4, 0.5) is 5.82 Å². The number of thiophene rings is 1. The minimum Gasteiger partial charge on any atom is -0.369 e. The third kappa shape index (κ3) is 5.09. The van der Waals surface area contributed by atoms with Crippen LogP contribution in [0, 0.1) is 13.8 Å². The molecule has 0 aliphatic rings. The van der Waals surface area contributed by atoms with Crippen molar-refractivity contribution in [2.75, 3.05) is 32.6 Å². The van der Waals surface area contributed by atoms with E-state index < -0.39 is 6.29 Å². The molecule has 0 saturated carbocycles. The van der Waals surface area contributed by atoms with Crippen molar-refractivity contribution in [1.82, 2.24) is 15.3 Å². The van der Waals surface area contributed by atoms with Gasteiger partial charge in [-0.3, -0.25) is 4.79 Å². The zero-order chi connectivity index (χ0) is 20.8. The van der Waals surface area contributed by atoms with E-state index >= 15 is 0 Å². The number of carbonyl (C=O) groups is 1. The Labute approximate surface area is 174 Å². The largest absolute Gasteiger partial charge is 0.369 e. The lowest BCUT2D eigenvalue weighted by atomic mass is 10.0. The van der Waals surface area contributed by atoms with Gasteiger partial charge in [0.15, 0.2) is 6.29 Å². The molecule has 1 amide bonds. The van der Waals surface area contributed by atoms with Crippen LogP contribution in [0.5, 0.6) is 0 Å². The normalized spacial score (nSPS) is 11.2. The maximum Gasteiger partial charge on any atom is 0.221 e. The molecule has 0 aliphatic carbocycles. The topological polar surface area (TPSA) is 85.4 Å². The molecule has 3 rings (SSSR count). The number of benzene rings is 1. The van der Waals surface area contributed by atoms with Crippen LogP contribution < -0.4 is 10.6 Å². The standard InChI is InChI=1S/C21H26N4O3S/c1-13-5-7-15(8-6-13)18-14(2)29-21-19(18)20(24-12-25-21)22-10-9-16(26)23-11-17(27-3)28-4/h5-8,12,17H,9-11H2,1-4H3,(H,23,26)(H,22,24,25). The van der Waals surface area contributed by atoms with Gasteiger partial charge in [-0.2, -0.15) is 0 Å². The number of ether oxygens (including phenoxy) is 2. The van der Waals surface area contributed by atoms with E-state index in [1.54, 1.807) is 17.7 Å². The molecule has 0 unspecified atom stereocenters. The Morgan fingerprint density at radius 2 is 1.86 bits per heavy atom. The Morgan fingerprint density at radius 3 is 2.55 bits per heavy atom. The van der Waals surface area contributed by atoms with E-state index in [-0.39, 0.29) is 5.91 Å². The average molecular weight is 415 g/mol. The molecule has 1 aromatic carbocycles. The van der Waals surface area contributed by atoms with Crippen molar-refractivity contribution in [3.05, 3.63) is 41.0 Å². The number of methoxy groups -OCH3 is 2. The lowest BCUT2D eigenvalue weighted by Crippen LogP contribution is -2.34. The predicted octanol–water partition coefficient (Wildman–Crippen LogP) is 3.51. The van der Waals surface area contributed by atoms with E-state index in [4.69, 9.17) is 9.47 Å². The van der Waals surface area contributed by atoms with Gasteiger partial charge in [0.1, 0.15) is 17.0 Å². The van der Waals surface area contributed by atoms with E-state index in [0.29, 0.717) is 19.5 Å². The van der Waals surface area contributed by atoms with Gasteiger partial charge >= 0.3 is 0 Å². The van der Waals surface area contributed by atoms with E-state index in [1.165, 1.54) is 24.7 Å². The third-order valence-corrected chi connectivity index (χ3v) is 5.65. The summed E-state index contributed by atoms with van der Waals surface area (Å²) in [6.45, 7) is 4.95. The van der Waals surface area contributed by atoms with Crippen molar-refractivity contribution in [2.24, 2.45) is 0 Å². The summed E-state index contributed by atoms with van der Waals surface area (Å²) in [5.74, 6) is 0.663. The minimum atomic E-state index is -0.445. The number of carbonyl (C=O) groups excluding carboxylic acids is 1. The molecule has 0 spiro atoms. The van der Waals surface area contributed by atoms with Crippen LogP contribution in [-0.4, -0.2) is 49.5 Å². The van der Waals surface area contributed by atoms with Crippen LogP contribution in [0.1, 0.15) is 16.9 Å². The molecular weight excluding hydrogens is 388 g/mol. The molecule has 0 bridgehead atoms. The van der Waals surface area contributed by atoms with Crippen LogP contribution in [0.2, 0.25) is 0 Å². The van der Waals surface area contributed by atoms with E-state index in [0.717, 1.165) is 27.2 Å². The van der Waals surface area contributed by atoms with Crippen molar-refractivity contribution in [2.45, 2.75) is 26.6 Å². The first-order chi connectivity index (χ1) is 14.0. The molecule has 3 aromatic rings. The molecule has 154 valence electrons. The molecule has 0 fully saturated rings. The van der Waals surface area contributed by atoms with Crippen LogP contribution in [0.15, 0.2) is 30.6 Å². The summed E-state index contributed by atoms with van der Waals surface area (Å²) in [5, 5.41) is 7.09. The Morgan fingerprint density at radius 1 is 1.14 bits per heavy atom. The van der Waals surface area contributed by atoms with Gasteiger partial charge in [-0.05, 0) is 19.4 Å². The fourth-order valence-electron chi connectivity index (χ4n) is 3.09. The van der Waals surface area contributed by atoms with Crippen LogP contribution in [-0.2, 0) is 14.3 Å². The van der Waals surface area contributed by atoms with Gasteiger partial charge in [0.05, 0.1) is 11.9 Å². The number of nitrogens with zero attached hydrogens (tertiary/aromatic N) is 2. The van der Waals surface area contributed by atoms with Gasteiger partial charge in [-0.15, -0.1) is 11.3 Å². The van der Waals surface area contributed by atoms with Crippen molar-refractivity contribution >= 4 is 33.3 Å². The number of rotatable bonds is 9. The van der Waals surface area contributed by atoms with Gasteiger partial charge in [0.2, 0.25) is 5.91 Å². The third-order valence-electron chi connectivity index (χ3n) is 4.64. The highest BCUT2D eigenvalue weighted by Crippen LogP contribution is 2.40. The van der Waals surface area contributed by atoms with E-state index in [1.807, 2.05) is 0 Å². The van der Waals surface area contributed by atoms with Crippen LogP contribution in [0.3, 0.4) is 0 Å². The van der Waals surface area contributed by atoms with E-state index in [2.05, 4.69) is 58.7 Å². The summed E-state index contributed by atoms with van der Waals surface area (Å²) in [4.78, 5) is 23.1. The first kappa shape index (κ1) is 21.2. The van der Waals surface area contributed by atoms with Crippen molar-refractivity contribution in [1.29, 1.82) is 0 Å². The number of fused-ring (bicyclic) bond motifs is 1. The van der Waals surface area contributed by atoms with Crippen molar-refractivity contribution in [3.8, 4) is 11.1 Å². The Balaban J connectivity index is 1.73. The lowest BCUT2D eigenvalue weighted by Gasteiger charge is -2.14. The summed E-state index contributed by atoms with van der Waals surface area (Å²) in [6, 6.07) is 8.45. The van der Waals surface area contributed by atoms with Gasteiger partial charge in [0, 0.05) is 37.6 Å². The first-order valence-electron chi connectivity index (χ1n) is 9.40. The second-order valence-corrected chi connectivity index (χ2v) is 7.89. The summed E-state index contributed by atoms with van der Waals surface area (Å²) >= 11 is 1.65. The molecular formula is C21H26N4O3S. The van der Waals surface area contributed by atoms with E-state index in [9.17, 15) is 4.79 Å². The Bertz CT molecular complexity index is 968. The lowest BCUT2D eigenvalue weighted by molar-refractivity contribution is -0.127. The molecule has 0 aliphatic heterocycles. The van der Waals surface area contributed by atoms with Crippen LogP contribution in [0.25, 0.3) is 21.3 Å². The fraction of sp³-hybridized carbons (Fsp3) is 0.381. The highest BCUT2D eigenvalue weighted by Gasteiger charge is 2.17. The number of aryl methyl sites for hydroxylation is 2. The molecule has 2 heterocycles. The van der Waals surface area contributed by atoms with Gasteiger partial charge in [-0.1, -0.05) is 29.8 Å². The Kier molecular flexibility index (Phi) is 7.13. The monoisotopic (exact) mass is 414 g/mol. The number of hydrogen-bond acceptors (Lipinski definition) is 7. The summed E-state index contributed by atoms with van der Waals surface area (Å²) < 4.78 is 10.1. The summed E-state index contributed by atoms with van der Waals surface area (Å²) in [5.41, 5.74) is 3.50. The first-order valence-corrected chi connectivity index (χ1v) is 10.2. The second-order valence-electron chi connectivity index (χ2n) is 6.68. The second kappa shape index (κ2) is 9.78. The molecule has 8 heteroatoms. The average Bonchev–Trinajstić information content (AvgIpc) is 3.06. The minimum absolute atomic E-state index is 0.0813. The quantitative estimate of drug-likeness (QED) is 0.521. The van der Waals surface area contributed by atoms with Crippen molar-refractivity contribution in [3.63, 3.8) is 0 Å². The maximum absolute atomic E-state index is 12.1. The molecule has 0 atom stereocenters. The number of aromatic nitrogens is 2.